The number of carbonyl (C=O) groups is 1. The molecule has 0 aromatic heterocycles. The van der Waals surface area contributed by atoms with E-state index in [-0.39, 0.29) is 16.6 Å². The summed E-state index contributed by atoms with van der Waals surface area (Å²) in [5.74, 6) is -0.209. The minimum absolute atomic E-state index is 0.0234. The number of benzene rings is 1. The summed E-state index contributed by atoms with van der Waals surface area (Å²) in [5, 5.41) is 10.7. The summed E-state index contributed by atoms with van der Waals surface area (Å²) >= 11 is 12.1. The van der Waals surface area contributed by atoms with Gasteiger partial charge in [-0.1, -0.05) is 41.7 Å². The fourth-order valence-corrected chi connectivity index (χ4v) is 3.23. The van der Waals surface area contributed by atoms with Crippen LogP contribution in [0.4, 0.5) is 5.69 Å². The first-order valence-electron chi connectivity index (χ1n) is 5.74. The van der Waals surface area contributed by atoms with Gasteiger partial charge < -0.3 is 0 Å². The molecule has 1 amide bonds. The molecule has 2 rings (SSSR count). The van der Waals surface area contributed by atoms with Crippen molar-refractivity contribution in [3.05, 3.63) is 56.5 Å². The Morgan fingerprint density at radius 3 is 2.81 bits per heavy atom. The fourth-order valence-electron chi connectivity index (χ4n) is 1.70. The van der Waals surface area contributed by atoms with Gasteiger partial charge in [-0.05, 0) is 23.8 Å². The third kappa shape index (κ3) is 3.31. The third-order valence-electron chi connectivity index (χ3n) is 2.65. The number of carbonyl (C=O) groups excluding carboxylic acids is 1. The largest absolute Gasteiger partial charge is 0.289 e. The number of hydrogen-bond donors (Lipinski definition) is 0. The molecule has 1 fully saturated rings. The van der Waals surface area contributed by atoms with Gasteiger partial charge in [0, 0.05) is 12.6 Å². The van der Waals surface area contributed by atoms with Crippen LogP contribution in [0.1, 0.15) is 5.56 Å². The first-order valence-corrected chi connectivity index (χ1v) is 7.34. The second kappa shape index (κ2) is 6.38. The van der Waals surface area contributed by atoms with Crippen LogP contribution < -0.4 is 0 Å². The van der Waals surface area contributed by atoms with E-state index in [0.29, 0.717) is 21.3 Å². The standard InChI is InChI=1S/C13H9ClN2O3S2/c1-2-5-15-12(17)11(21-13(15)20)7-8-3-4-10(16(18)19)9(14)6-8/h2-4,6-7H,1,5H2/b11-7+. The molecule has 1 saturated heterocycles. The molecule has 0 radical (unpaired) electrons. The highest BCUT2D eigenvalue weighted by Crippen LogP contribution is 2.33. The minimum atomic E-state index is -0.560. The Morgan fingerprint density at radius 2 is 2.24 bits per heavy atom. The molecule has 1 heterocycles. The quantitative estimate of drug-likeness (QED) is 0.275. The van der Waals surface area contributed by atoms with Crippen molar-refractivity contribution in [2.24, 2.45) is 0 Å². The zero-order valence-electron chi connectivity index (χ0n) is 10.6. The molecule has 1 aromatic rings. The normalized spacial score (nSPS) is 16.6. The summed E-state index contributed by atoms with van der Waals surface area (Å²) in [6.07, 6.45) is 3.20. The minimum Gasteiger partial charge on any atom is -0.289 e. The van der Waals surface area contributed by atoms with Crippen LogP contribution in [0, 0.1) is 10.1 Å². The van der Waals surface area contributed by atoms with Gasteiger partial charge in [0.1, 0.15) is 9.34 Å². The number of nitro groups is 1. The molecule has 5 nitrogen and oxygen atoms in total. The van der Waals surface area contributed by atoms with Crippen molar-refractivity contribution in [2.45, 2.75) is 0 Å². The van der Waals surface area contributed by atoms with E-state index >= 15 is 0 Å². The topological polar surface area (TPSA) is 63.5 Å². The fraction of sp³-hybridized carbons (Fsp3) is 0.0769. The molecular formula is C13H9ClN2O3S2. The van der Waals surface area contributed by atoms with Crippen LogP contribution in [0.15, 0.2) is 35.8 Å². The Morgan fingerprint density at radius 1 is 1.52 bits per heavy atom. The van der Waals surface area contributed by atoms with Crippen LogP contribution in [-0.4, -0.2) is 26.6 Å². The number of thiocarbonyl (C=S) groups is 1. The lowest BCUT2D eigenvalue weighted by molar-refractivity contribution is -0.384. The highest BCUT2D eigenvalue weighted by Gasteiger charge is 2.31. The van der Waals surface area contributed by atoms with E-state index in [1.807, 2.05) is 0 Å². The Hall–Kier alpha value is -1.70. The lowest BCUT2D eigenvalue weighted by Gasteiger charge is -2.10. The molecule has 0 unspecified atom stereocenters. The maximum Gasteiger partial charge on any atom is 0.287 e. The molecule has 0 atom stereocenters. The molecule has 0 spiro atoms. The van der Waals surface area contributed by atoms with Gasteiger partial charge >= 0.3 is 0 Å². The average molecular weight is 341 g/mol. The van der Waals surface area contributed by atoms with E-state index in [9.17, 15) is 14.9 Å². The van der Waals surface area contributed by atoms with Gasteiger partial charge in [0.2, 0.25) is 0 Å². The van der Waals surface area contributed by atoms with Crippen LogP contribution in [0.5, 0.6) is 0 Å². The van der Waals surface area contributed by atoms with E-state index < -0.39 is 4.92 Å². The number of thioether (sulfide) groups is 1. The first-order chi connectivity index (χ1) is 9.93. The predicted molar refractivity (Wildman–Crippen MR) is 88.2 cm³/mol. The number of rotatable bonds is 4. The molecule has 21 heavy (non-hydrogen) atoms. The Kier molecular flexibility index (Phi) is 4.76. The molecule has 0 bridgehead atoms. The van der Waals surface area contributed by atoms with Crippen molar-refractivity contribution in [1.29, 1.82) is 0 Å². The number of amides is 1. The van der Waals surface area contributed by atoms with Gasteiger partial charge in [0.25, 0.3) is 11.6 Å². The van der Waals surface area contributed by atoms with E-state index in [1.54, 1.807) is 12.2 Å². The van der Waals surface area contributed by atoms with Gasteiger partial charge in [0.15, 0.2) is 0 Å². The van der Waals surface area contributed by atoms with Gasteiger partial charge in [-0.15, -0.1) is 6.58 Å². The zero-order valence-corrected chi connectivity index (χ0v) is 13.0. The smallest absolute Gasteiger partial charge is 0.287 e. The van der Waals surface area contributed by atoms with Crippen LogP contribution in [0.2, 0.25) is 5.02 Å². The van der Waals surface area contributed by atoms with E-state index in [1.165, 1.54) is 34.9 Å². The van der Waals surface area contributed by atoms with Crippen LogP contribution in [0.3, 0.4) is 0 Å². The highest BCUT2D eigenvalue weighted by atomic mass is 35.5. The Bertz CT molecular complexity index is 688. The van der Waals surface area contributed by atoms with Crippen molar-refractivity contribution in [2.75, 3.05) is 6.54 Å². The molecule has 1 aromatic carbocycles. The van der Waals surface area contributed by atoms with Crippen molar-refractivity contribution >= 4 is 57.6 Å². The summed E-state index contributed by atoms with van der Waals surface area (Å²) in [6, 6.07) is 4.28. The third-order valence-corrected chi connectivity index (χ3v) is 4.33. The monoisotopic (exact) mass is 340 g/mol. The number of halogens is 1. The molecule has 0 saturated carbocycles. The molecule has 0 aliphatic carbocycles. The maximum atomic E-state index is 12.1. The lowest BCUT2D eigenvalue weighted by Crippen LogP contribution is -2.27. The summed E-state index contributed by atoms with van der Waals surface area (Å²) in [4.78, 5) is 24.2. The lowest BCUT2D eigenvalue weighted by atomic mass is 10.2. The van der Waals surface area contributed by atoms with Crippen LogP contribution in [-0.2, 0) is 4.79 Å². The second-order valence-corrected chi connectivity index (χ2v) is 6.13. The summed E-state index contributed by atoms with van der Waals surface area (Å²) in [6.45, 7) is 3.93. The van der Waals surface area contributed by atoms with Gasteiger partial charge in [-0.25, -0.2) is 0 Å². The summed E-state index contributed by atoms with van der Waals surface area (Å²) < 4.78 is 0.458. The molecule has 1 aliphatic heterocycles. The average Bonchev–Trinajstić information content (AvgIpc) is 2.66. The zero-order chi connectivity index (χ0) is 15.6. The van der Waals surface area contributed by atoms with E-state index in [0.717, 1.165) is 0 Å². The van der Waals surface area contributed by atoms with E-state index in [4.69, 9.17) is 23.8 Å². The van der Waals surface area contributed by atoms with Crippen molar-refractivity contribution in [1.82, 2.24) is 4.90 Å². The number of hydrogen-bond acceptors (Lipinski definition) is 5. The predicted octanol–water partition coefficient (Wildman–Crippen LogP) is 3.64. The van der Waals surface area contributed by atoms with Gasteiger partial charge in [0.05, 0.1) is 9.83 Å². The van der Waals surface area contributed by atoms with E-state index in [2.05, 4.69) is 6.58 Å². The Balaban J connectivity index is 2.30. The SMILES string of the molecule is C=CCN1C(=O)/C(=C\c2ccc([N+](=O)[O-])c(Cl)c2)SC1=S. The maximum absolute atomic E-state index is 12.1. The first kappa shape index (κ1) is 15.7. The summed E-state index contributed by atoms with van der Waals surface area (Å²) in [7, 11) is 0. The Labute approximate surface area is 135 Å². The van der Waals surface area contributed by atoms with Crippen LogP contribution in [0.25, 0.3) is 6.08 Å². The van der Waals surface area contributed by atoms with Crippen molar-refractivity contribution < 1.29 is 9.72 Å². The van der Waals surface area contributed by atoms with Gasteiger partial charge in [-0.3, -0.25) is 19.8 Å². The second-order valence-electron chi connectivity index (χ2n) is 4.05. The highest BCUT2D eigenvalue weighted by molar-refractivity contribution is 8.26. The summed E-state index contributed by atoms with van der Waals surface area (Å²) in [5.41, 5.74) is 0.428. The molecule has 108 valence electrons. The number of nitrogens with zero attached hydrogens (tertiary/aromatic N) is 2. The molecule has 8 heteroatoms. The molecule has 0 N–H and O–H groups in total. The van der Waals surface area contributed by atoms with Gasteiger partial charge in [-0.2, -0.15) is 0 Å². The van der Waals surface area contributed by atoms with Crippen molar-refractivity contribution in [3.8, 4) is 0 Å². The van der Waals surface area contributed by atoms with Crippen LogP contribution >= 0.6 is 35.6 Å². The molecular weight excluding hydrogens is 332 g/mol. The van der Waals surface area contributed by atoms with Crippen molar-refractivity contribution in [3.63, 3.8) is 0 Å². The number of nitro benzene ring substituents is 1. The molecule has 1 aliphatic rings.